The van der Waals surface area contributed by atoms with Gasteiger partial charge in [-0.15, -0.1) is 0 Å². The Morgan fingerprint density at radius 2 is 1.89 bits per heavy atom. The van der Waals surface area contributed by atoms with Gasteiger partial charge in [0.15, 0.2) is 0 Å². The summed E-state index contributed by atoms with van der Waals surface area (Å²) in [6, 6.07) is 0. The molecule has 0 atom stereocenters. The van der Waals surface area contributed by atoms with E-state index in [2.05, 4.69) is 55.6 Å². The number of hydrogen-bond acceptors (Lipinski definition) is 1. The molecule has 0 fully saturated rings. The molecule has 0 saturated heterocycles. The molecule has 0 saturated carbocycles. The third kappa shape index (κ3) is 8.69. The number of hydrogen-bond donors (Lipinski definition) is 1. The molecule has 0 aromatic heterocycles. The first-order valence-electron chi connectivity index (χ1n) is 3.36. The average Bonchev–Trinajstić information content (AvgIpc) is 1.59. The van der Waals surface area contributed by atoms with Crippen LogP contribution in [0.5, 0.6) is 0 Å². The molecule has 0 bridgehead atoms. The zero-order valence-electron chi connectivity index (χ0n) is 6.66. The molecule has 0 aliphatic heterocycles. The first-order chi connectivity index (χ1) is 3.92. The highest BCUT2D eigenvalue weighted by Gasteiger charge is 2.10. The SMILES string of the molecule is CC(C)CNC(C)(C)I. The molecule has 9 heavy (non-hydrogen) atoms. The van der Waals surface area contributed by atoms with E-state index in [4.69, 9.17) is 0 Å². The van der Waals surface area contributed by atoms with Crippen LogP contribution in [0.15, 0.2) is 0 Å². The summed E-state index contributed by atoms with van der Waals surface area (Å²) in [6.45, 7) is 9.90. The van der Waals surface area contributed by atoms with Crippen LogP contribution < -0.4 is 5.32 Å². The van der Waals surface area contributed by atoms with E-state index in [0.717, 1.165) is 12.5 Å². The maximum Gasteiger partial charge on any atom is 0.0648 e. The van der Waals surface area contributed by atoms with Crippen molar-refractivity contribution in [2.45, 2.75) is 31.2 Å². The lowest BCUT2D eigenvalue weighted by Gasteiger charge is -2.19. The van der Waals surface area contributed by atoms with Gasteiger partial charge in [0, 0.05) is 0 Å². The molecule has 0 unspecified atom stereocenters. The van der Waals surface area contributed by atoms with Gasteiger partial charge >= 0.3 is 0 Å². The summed E-state index contributed by atoms with van der Waals surface area (Å²) in [5, 5.41) is 3.41. The number of halogens is 1. The summed E-state index contributed by atoms with van der Waals surface area (Å²) in [4.78, 5) is 0. The number of alkyl halides is 1. The van der Waals surface area contributed by atoms with Crippen molar-refractivity contribution in [1.82, 2.24) is 5.32 Å². The largest absolute Gasteiger partial charge is 0.303 e. The molecule has 0 aromatic carbocycles. The van der Waals surface area contributed by atoms with Gasteiger partial charge in [-0.2, -0.15) is 0 Å². The average molecular weight is 241 g/mol. The Hall–Kier alpha value is 0.690. The second-order valence-corrected chi connectivity index (χ2v) is 5.94. The molecule has 1 nitrogen and oxygen atoms in total. The van der Waals surface area contributed by atoms with Crippen LogP contribution in [0.1, 0.15) is 27.7 Å². The van der Waals surface area contributed by atoms with Crippen LogP contribution in [0.3, 0.4) is 0 Å². The quantitative estimate of drug-likeness (QED) is 0.454. The highest BCUT2D eigenvalue weighted by Crippen LogP contribution is 2.11. The maximum atomic E-state index is 3.41. The van der Waals surface area contributed by atoms with Gasteiger partial charge in [0.2, 0.25) is 0 Å². The second kappa shape index (κ2) is 3.76. The van der Waals surface area contributed by atoms with Crippen molar-refractivity contribution in [2.75, 3.05) is 6.54 Å². The van der Waals surface area contributed by atoms with E-state index >= 15 is 0 Å². The molecule has 56 valence electrons. The number of rotatable bonds is 3. The van der Waals surface area contributed by atoms with E-state index in [9.17, 15) is 0 Å². The van der Waals surface area contributed by atoms with Crippen molar-refractivity contribution in [1.29, 1.82) is 0 Å². The molecule has 0 heterocycles. The van der Waals surface area contributed by atoms with Crippen LogP contribution in [0.4, 0.5) is 0 Å². The Labute approximate surface area is 71.7 Å². The predicted octanol–water partition coefficient (Wildman–Crippen LogP) is 2.40. The third-order valence-electron chi connectivity index (χ3n) is 0.931. The molecular weight excluding hydrogens is 225 g/mol. The summed E-state index contributed by atoms with van der Waals surface area (Å²) in [5.74, 6) is 0.749. The summed E-state index contributed by atoms with van der Waals surface area (Å²) >= 11 is 2.40. The fourth-order valence-corrected chi connectivity index (χ4v) is 0.667. The van der Waals surface area contributed by atoms with E-state index in [1.165, 1.54) is 0 Å². The molecule has 0 rings (SSSR count). The van der Waals surface area contributed by atoms with Gasteiger partial charge in [-0.3, -0.25) is 0 Å². The Morgan fingerprint density at radius 3 is 2.00 bits per heavy atom. The van der Waals surface area contributed by atoms with Gasteiger partial charge in [0.05, 0.1) is 3.55 Å². The normalized spacial score (nSPS) is 12.7. The molecule has 0 aliphatic rings. The zero-order chi connectivity index (χ0) is 7.49. The fraction of sp³-hybridized carbons (Fsp3) is 1.00. The first-order valence-corrected chi connectivity index (χ1v) is 4.43. The minimum absolute atomic E-state index is 0.252. The summed E-state index contributed by atoms with van der Waals surface area (Å²) < 4.78 is 0.252. The van der Waals surface area contributed by atoms with Gasteiger partial charge < -0.3 is 5.32 Å². The van der Waals surface area contributed by atoms with E-state index in [1.807, 2.05) is 0 Å². The minimum atomic E-state index is 0.252. The Kier molecular flexibility index (Phi) is 4.05. The fourth-order valence-electron chi connectivity index (χ4n) is 0.447. The van der Waals surface area contributed by atoms with Crippen LogP contribution in [0, 0.1) is 5.92 Å². The van der Waals surface area contributed by atoms with Crippen molar-refractivity contribution in [2.24, 2.45) is 5.92 Å². The third-order valence-corrected chi connectivity index (χ3v) is 1.31. The smallest absolute Gasteiger partial charge is 0.0648 e. The van der Waals surface area contributed by atoms with Crippen LogP contribution in [-0.4, -0.2) is 10.1 Å². The Morgan fingerprint density at radius 1 is 1.44 bits per heavy atom. The van der Waals surface area contributed by atoms with Crippen molar-refractivity contribution in [3.8, 4) is 0 Å². The molecule has 0 aromatic rings. The van der Waals surface area contributed by atoms with Gasteiger partial charge in [-0.05, 0) is 26.3 Å². The zero-order valence-corrected chi connectivity index (χ0v) is 8.82. The predicted molar refractivity (Wildman–Crippen MR) is 50.9 cm³/mol. The monoisotopic (exact) mass is 241 g/mol. The van der Waals surface area contributed by atoms with Crippen molar-refractivity contribution in [3.63, 3.8) is 0 Å². The van der Waals surface area contributed by atoms with Crippen molar-refractivity contribution >= 4 is 22.6 Å². The van der Waals surface area contributed by atoms with Crippen LogP contribution in [0.2, 0.25) is 0 Å². The lowest BCUT2D eigenvalue weighted by atomic mass is 10.2. The maximum absolute atomic E-state index is 3.41. The highest BCUT2D eigenvalue weighted by atomic mass is 127. The molecule has 0 radical (unpaired) electrons. The Bertz CT molecular complexity index is 73.5. The summed E-state index contributed by atoms with van der Waals surface area (Å²) in [6.07, 6.45) is 0. The topological polar surface area (TPSA) is 12.0 Å². The minimum Gasteiger partial charge on any atom is -0.303 e. The lowest BCUT2D eigenvalue weighted by Crippen LogP contribution is -2.35. The summed E-state index contributed by atoms with van der Waals surface area (Å²) in [7, 11) is 0. The molecule has 2 heteroatoms. The van der Waals surface area contributed by atoms with Crippen molar-refractivity contribution in [3.05, 3.63) is 0 Å². The van der Waals surface area contributed by atoms with Gasteiger partial charge in [-0.1, -0.05) is 36.4 Å². The van der Waals surface area contributed by atoms with Crippen molar-refractivity contribution < 1.29 is 0 Å². The second-order valence-electron chi connectivity index (χ2n) is 3.25. The molecule has 0 aliphatic carbocycles. The van der Waals surface area contributed by atoms with Gasteiger partial charge in [-0.25, -0.2) is 0 Å². The molecule has 1 N–H and O–H groups in total. The first kappa shape index (κ1) is 9.69. The molecular formula is C7H16IN. The molecule has 0 amide bonds. The molecule has 0 spiro atoms. The van der Waals surface area contributed by atoms with E-state index in [0.29, 0.717) is 0 Å². The van der Waals surface area contributed by atoms with E-state index in [-0.39, 0.29) is 3.55 Å². The van der Waals surface area contributed by atoms with Crippen LogP contribution in [0.25, 0.3) is 0 Å². The van der Waals surface area contributed by atoms with E-state index < -0.39 is 0 Å². The van der Waals surface area contributed by atoms with E-state index in [1.54, 1.807) is 0 Å². The highest BCUT2D eigenvalue weighted by molar-refractivity contribution is 14.1. The summed E-state index contributed by atoms with van der Waals surface area (Å²) in [5.41, 5.74) is 0. The number of nitrogens with one attached hydrogen (secondary N) is 1. The van der Waals surface area contributed by atoms with Crippen LogP contribution in [-0.2, 0) is 0 Å². The van der Waals surface area contributed by atoms with Crippen LogP contribution >= 0.6 is 22.6 Å². The van der Waals surface area contributed by atoms with Gasteiger partial charge in [0.25, 0.3) is 0 Å². The Balaban J connectivity index is 3.28. The van der Waals surface area contributed by atoms with Gasteiger partial charge in [0.1, 0.15) is 0 Å². The lowest BCUT2D eigenvalue weighted by molar-refractivity contribution is 0.492. The standard InChI is InChI=1S/C7H16IN/c1-6(2)5-9-7(3,4)8/h6,9H,5H2,1-4H3.